The molecule has 0 atom stereocenters. The summed E-state index contributed by atoms with van der Waals surface area (Å²) in [5.41, 5.74) is 5.31. The monoisotopic (exact) mass is 302 g/mol. The van der Waals surface area contributed by atoms with Crippen LogP contribution in [0.2, 0.25) is 0 Å². The minimum absolute atomic E-state index is 0.179. The smallest absolute Gasteiger partial charge is 0.141 e. The van der Waals surface area contributed by atoms with Gasteiger partial charge in [0.15, 0.2) is 0 Å². The lowest BCUT2D eigenvalue weighted by Gasteiger charge is -2.21. The average Bonchev–Trinajstić information content (AvgIpc) is 2.57. The molecule has 0 aliphatic heterocycles. The molecule has 3 rings (SSSR count). The van der Waals surface area contributed by atoms with Crippen LogP contribution in [0.3, 0.4) is 0 Å². The predicted molar refractivity (Wildman–Crippen MR) is 98.0 cm³/mol. The molecule has 116 valence electrons. The SMILES string of the molecule is CC(C)(C)c1ccc([NH+](c2ccccc2)c2ccccc2)cc1. The van der Waals surface area contributed by atoms with Gasteiger partial charge in [0.2, 0.25) is 0 Å². The summed E-state index contributed by atoms with van der Waals surface area (Å²) in [6.45, 7) is 6.75. The third-order valence-corrected chi connectivity index (χ3v) is 4.16. The summed E-state index contributed by atoms with van der Waals surface area (Å²) in [5, 5.41) is 0. The lowest BCUT2D eigenvalue weighted by Crippen LogP contribution is -2.96. The van der Waals surface area contributed by atoms with Gasteiger partial charge >= 0.3 is 0 Å². The van der Waals surface area contributed by atoms with Crippen molar-refractivity contribution in [3.05, 3.63) is 90.5 Å². The molecule has 0 saturated heterocycles. The fraction of sp³-hybridized carbons (Fsp3) is 0.182. The minimum atomic E-state index is 0.179. The van der Waals surface area contributed by atoms with Crippen molar-refractivity contribution in [2.75, 3.05) is 0 Å². The highest BCUT2D eigenvalue weighted by Gasteiger charge is 2.20. The summed E-state index contributed by atoms with van der Waals surface area (Å²) in [7, 11) is 0. The van der Waals surface area contributed by atoms with Gasteiger partial charge in [0.25, 0.3) is 0 Å². The minimum Gasteiger partial charge on any atom is -0.238 e. The first kappa shape index (κ1) is 15.5. The molecular weight excluding hydrogens is 278 g/mol. The van der Waals surface area contributed by atoms with E-state index in [2.05, 4.69) is 106 Å². The van der Waals surface area contributed by atoms with Gasteiger partial charge < -0.3 is 0 Å². The molecule has 3 aromatic rings. The van der Waals surface area contributed by atoms with Crippen molar-refractivity contribution in [1.29, 1.82) is 0 Å². The van der Waals surface area contributed by atoms with Crippen LogP contribution in [-0.2, 0) is 5.41 Å². The molecule has 1 heteroatoms. The summed E-state index contributed by atoms with van der Waals surface area (Å²) in [5.74, 6) is 0. The maximum Gasteiger partial charge on any atom is 0.141 e. The Labute approximate surface area is 139 Å². The third-order valence-electron chi connectivity index (χ3n) is 4.16. The van der Waals surface area contributed by atoms with Crippen LogP contribution in [0.15, 0.2) is 84.9 Å². The first-order chi connectivity index (χ1) is 11.1. The van der Waals surface area contributed by atoms with E-state index in [1.165, 1.54) is 27.5 Å². The molecule has 0 amide bonds. The van der Waals surface area contributed by atoms with Gasteiger partial charge in [-0.2, -0.15) is 0 Å². The van der Waals surface area contributed by atoms with Crippen LogP contribution in [0.5, 0.6) is 0 Å². The van der Waals surface area contributed by atoms with Gasteiger partial charge in [0, 0.05) is 12.1 Å². The molecule has 1 N–H and O–H groups in total. The predicted octanol–water partition coefficient (Wildman–Crippen LogP) is 5.16. The largest absolute Gasteiger partial charge is 0.238 e. The van der Waals surface area contributed by atoms with Crippen molar-refractivity contribution in [2.45, 2.75) is 26.2 Å². The number of quaternary nitrogens is 1. The van der Waals surface area contributed by atoms with Crippen LogP contribution < -0.4 is 4.90 Å². The summed E-state index contributed by atoms with van der Waals surface area (Å²) < 4.78 is 0. The Balaban J connectivity index is 2.06. The maximum atomic E-state index is 2.25. The second kappa shape index (κ2) is 6.39. The Hall–Kier alpha value is -2.38. The van der Waals surface area contributed by atoms with E-state index in [0.717, 1.165) is 0 Å². The lowest BCUT2D eigenvalue weighted by atomic mass is 9.87. The zero-order valence-electron chi connectivity index (χ0n) is 14.1. The standard InChI is InChI=1S/C22H23N/c1-22(2,3)18-14-16-21(17-15-18)23(19-10-6-4-7-11-19)20-12-8-5-9-13-20/h4-17H,1-3H3/p+1. The Morgan fingerprint density at radius 3 is 1.30 bits per heavy atom. The zero-order chi connectivity index (χ0) is 16.3. The highest BCUT2D eigenvalue weighted by Crippen LogP contribution is 2.24. The van der Waals surface area contributed by atoms with E-state index in [4.69, 9.17) is 0 Å². The molecule has 0 aliphatic rings. The molecule has 0 saturated carbocycles. The van der Waals surface area contributed by atoms with Crippen molar-refractivity contribution >= 4 is 17.1 Å². The second-order valence-corrected chi connectivity index (χ2v) is 6.93. The van der Waals surface area contributed by atoms with Gasteiger partial charge in [-0.15, -0.1) is 0 Å². The van der Waals surface area contributed by atoms with Gasteiger partial charge in [0.05, 0.1) is 0 Å². The van der Waals surface area contributed by atoms with E-state index < -0.39 is 0 Å². The number of hydrogen-bond acceptors (Lipinski definition) is 0. The molecule has 0 spiro atoms. The van der Waals surface area contributed by atoms with Crippen molar-refractivity contribution in [1.82, 2.24) is 0 Å². The van der Waals surface area contributed by atoms with E-state index in [1.807, 2.05) is 0 Å². The van der Waals surface area contributed by atoms with Crippen LogP contribution in [0.1, 0.15) is 26.3 Å². The summed E-state index contributed by atoms with van der Waals surface area (Å²) in [6.07, 6.45) is 0. The van der Waals surface area contributed by atoms with Crippen molar-refractivity contribution < 1.29 is 4.90 Å². The molecule has 0 unspecified atom stereocenters. The molecule has 23 heavy (non-hydrogen) atoms. The van der Waals surface area contributed by atoms with E-state index in [0.29, 0.717) is 0 Å². The summed E-state index contributed by atoms with van der Waals surface area (Å²) in [6, 6.07) is 30.2. The Kier molecular flexibility index (Phi) is 4.31. The lowest BCUT2D eigenvalue weighted by molar-refractivity contribution is -0.681. The fourth-order valence-corrected chi connectivity index (χ4v) is 2.85. The molecule has 0 heterocycles. The first-order valence-corrected chi connectivity index (χ1v) is 8.14. The van der Waals surface area contributed by atoms with Crippen LogP contribution >= 0.6 is 0 Å². The normalized spacial score (nSPS) is 11.7. The summed E-state index contributed by atoms with van der Waals surface area (Å²) >= 11 is 0. The maximum absolute atomic E-state index is 2.25. The molecule has 0 radical (unpaired) electrons. The zero-order valence-corrected chi connectivity index (χ0v) is 14.1. The van der Waals surface area contributed by atoms with E-state index in [9.17, 15) is 0 Å². The molecular formula is C22H24N+. The molecule has 0 fully saturated rings. The van der Waals surface area contributed by atoms with E-state index in [1.54, 1.807) is 0 Å². The number of nitrogens with one attached hydrogen (secondary N) is 1. The summed E-state index contributed by atoms with van der Waals surface area (Å²) in [4.78, 5) is 1.28. The van der Waals surface area contributed by atoms with E-state index in [-0.39, 0.29) is 5.41 Å². The Morgan fingerprint density at radius 2 is 0.913 bits per heavy atom. The van der Waals surface area contributed by atoms with Crippen molar-refractivity contribution in [2.24, 2.45) is 0 Å². The van der Waals surface area contributed by atoms with Crippen molar-refractivity contribution in [3.63, 3.8) is 0 Å². The fourth-order valence-electron chi connectivity index (χ4n) is 2.85. The Morgan fingerprint density at radius 1 is 0.522 bits per heavy atom. The number of para-hydroxylation sites is 2. The highest BCUT2D eigenvalue weighted by molar-refractivity contribution is 5.46. The molecule has 0 aromatic heterocycles. The number of benzene rings is 3. The third kappa shape index (κ3) is 3.52. The van der Waals surface area contributed by atoms with Crippen LogP contribution in [0.4, 0.5) is 17.1 Å². The number of hydrogen-bond donors (Lipinski definition) is 1. The van der Waals surface area contributed by atoms with Crippen LogP contribution in [0, 0.1) is 0 Å². The van der Waals surface area contributed by atoms with Crippen LogP contribution in [-0.4, -0.2) is 0 Å². The average molecular weight is 302 g/mol. The quantitative estimate of drug-likeness (QED) is 0.681. The van der Waals surface area contributed by atoms with Crippen molar-refractivity contribution in [3.8, 4) is 0 Å². The van der Waals surface area contributed by atoms with Gasteiger partial charge in [-0.05, 0) is 35.2 Å². The topological polar surface area (TPSA) is 4.44 Å². The second-order valence-electron chi connectivity index (χ2n) is 6.93. The molecule has 0 bridgehead atoms. The van der Waals surface area contributed by atoms with Gasteiger partial charge in [-0.1, -0.05) is 69.3 Å². The van der Waals surface area contributed by atoms with E-state index >= 15 is 0 Å². The highest BCUT2D eigenvalue weighted by atomic mass is 15.1. The number of rotatable bonds is 3. The Bertz CT molecular complexity index is 698. The molecule has 1 nitrogen and oxygen atoms in total. The van der Waals surface area contributed by atoms with Gasteiger partial charge in [-0.25, -0.2) is 4.90 Å². The van der Waals surface area contributed by atoms with Crippen LogP contribution in [0.25, 0.3) is 0 Å². The molecule has 3 aromatic carbocycles. The molecule has 0 aliphatic carbocycles. The first-order valence-electron chi connectivity index (χ1n) is 8.14. The van der Waals surface area contributed by atoms with Gasteiger partial charge in [-0.3, -0.25) is 0 Å². The van der Waals surface area contributed by atoms with Gasteiger partial charge in [0.1, 0.15) is 17.1 Å².